The number of carbonyl (C=O) groups excluding carboxylic acids is 1. The molecule has 3 nitrogen and oxygen atoms in total. The fourth-order valence-corrected chi connectivity index (χ4v) is 2.11. The summed E-state index contributed by atoms with van der Waals surface area (Å²) in [7, 11) is 0. The summed E-state index contributed by atoms with van der Waals surface area (Å²) in [6.07, 6.45) is 13.0. The third kappa shape index (κ3) is 7.83. The Bertz CT molecular complexity index is 315. The monoisotopic (exact) mass is 265 g/mol. The van der Waals surface area contributed by atoms with Crippen molar-refractivity contribution >= 4 is 5.91 Å². The summed E-state index contributed by atoms with van der Waals surface area (Å²) in [6, 6.07) is 0. The largest absolute Gasteiger partial charge is 0.376 e. The Balaban J connectivity index is 2.18. The van der Waals surface area contributed by atoms with Crippen molar-refractivity contribution in [1.82, 2.24) is 5.32 Å². The van der Waals surface area contributed by atoms with Gasteiger partial charge in [-0.2, -0.15) is 0 Å². The molecule has 1 atom stereocenters. The van der Waals surface area contributed by atoms with Crippen molar-refractivity contribution in [1.29, 1.82) is 0 Å². The molecule has 1 saturated heterocycles. The zero-order valence-electron chi connectivity index (χ0n) is 12.3. The van der Waals surface area contributed by atoms with Crippen LogP contribution >= 0.6 is 0 Å². The molecule has 3 heteroatoms. The van der Waals surface area contributed by atoms with E-state index in [-0.39, 0.29) is 12.0 Å². The molecule has 19 heavy (non-hydrogen) atoms. The van der Waals surface area contributed by atoms with Crippen molar-refractivity contribution in [2.45, 2.75) is 58.5 Å². The van der Waals surface area contributed by atoms with E-state index in [0.717, 1.165) is 31.4 Å². The lowest BCUT2D eigenvalue weighted by Crippen LogP contribution is -2.30. The minimum absolute atomic E-state index is 0.0220. The van der Waals surface area contributed by atoms with Gasteiger partial charge in [0.1, 0.15) is 0 Å². The summed E-state index contributed by atoms with van der Waals surface area (Å²) in [5, 5.41) is 2.89. The molecule has 0 aromatic carbocycles. The Labute approximate surface area is 117 Å². The van der Waals surface area contributed by atoms with Gasteiger partial charge in [-0.25, -0.2) is 0 Å². The van der Waals surface area contributed by atoms with Gasteiger partial charge in [-0.15, -0.1) is 0 Å². The molecule has 108 valence electrons. The summed E-state index contributed by atoms with van der Waals surface area (Å²) in [5.74, 6) is -0.0220. The molecule has 0 aromatic heterocycles. The second-order valence-electron chi connectivity index (χ2n) is 5.17. The van der Waals surface area contributed by atoms with E-state index < -0.39 is 0 Å². The molecular formula is C16H27NO2. The highest BCUT2D eigenvalue weighted by molar-refractivity contribution is 5.88. The van der Waals surface area contributed by atoms with Gasteiger partial charge in [0.05, 0.1) is 6.10 Å². The van der Waals surface area contributed by atoms with Crippen LogP contribution in [0.1, 0.15) is 52.4 Å². The lowest BCUT2D eigenvalue weighted by Gasteiger charge is -2.09. The van der Waals surface area contributed by atoms with Gasteiger partial charge in [0.2, 0.25) is 5.91 Å². The fourth-order valence-electron chi connectivity index (χ4n) is 2.11. The van der Waals surface area contributed by atoms with Crippen LogP contribution in [0.4, 0.5) is 0 Å². The first-order valence-electron chi connectivity index (χ1n) is 7.46. The van der Waals surface area contributed by atoms with Gasteiger partial charge in [0, 0.05) is 19.2 Å². The lowest BCUT2D eigenvalue weighted by atomic mass is 10.1. The van der Waals surface area contributed by atoms with Gasteiger partial charge >= 0.3 is 0 Å². The Morgan fingerprint density at radius 2 is 2.26 bits per heavy atom. The van der Waals surface area contributed by atoms with Crippen molar-refractivity contribution in [3.05, 3.63) is 23.8 Å². The first-order valence-corrected chi connectivity index (χ1v) is 7.46. The molecule has 1 amide bonds. The van der Waals surface area contributed by atoms with Gasteiger partial charge in [0.15, 0.2) is 0 Å². The van der Waals surface area contributed by atoms with E-state index in [1.165, 1.54) is 19.3 Å². The number of allylic oxidation sites excluding steroid dienone is 3. The molecule has 1 unspecified atom stereocenters. The maximum absolute atomic E-state index is 11.7. The van der Waals surface area contributed by atoms with E-state index in [1.54, 1.807) is 6.08 Å². The molecule has 0 aliphatic carbocycles. The quantitative estimate of drug-likeness (QED) is 0.415. The molecule has 0 aromatic rings. The van der Waals surface area contributed by atoms with E-state index in [2.05, 4.69) is 18.3 Å². The highest BCUT2D eigenvalue weighted by atomic mass is 16.5. The van der Waals surface area contributed by atoms with Crippen molar-refractivity contribution in [3.8, 4) is 0 Å². The van der Waals surface area contributed by atoms with E-state index in [1.807, 2.05) is 13.0 Å². The van der Waals surface area contributed by atoms with Gasteiger partial charge in [-0.1, -0.05) is 31.9 Å². The number of ether oxygens (including phenoxy) is 1. The van der Waals surface area contributed by atoms with Crippen molar-refractivity contribution < 1.29 is 9.53 Å². The van der Waals surface area contributed by atoms with Gasteiger partial charge < -0.3 is 10.1 Å². The molecule has 1 fully saturated rings. The molecule has 1 aliphatic heterocycles. The molecule has 1 heterocycles. The third-order valence-electron chi connectivity index (χ3n) is 3.24. The predicted molar refractivity (Wildman–Crippen MR) is 79.0 cm³/mol. The maximum Gasteiger partial charge on any atom is 0.244 e. The van der Waals surface area contributed by atoms with E-state index in [0.29, 0.717) is 6.54 Å². The van der Waals surface area contributed by atoms with Crippen molar-refractivity contribution in [2.24, 2.45) is 0 Å². The molecule has 0 saturated carbocycles. The third-order valence-corrected chi connectivity index (χ3v) is 3.24. The lowest BCUT2D eigenvalue weighted by molar-refractivity contribution is -0.117. The number of nitrogens with one attached hydrogen (secondary N) is 1. The fraction of sp³-hybridized carbons (Fsp3) is 0.688. The smallest absolute Gasteiger partial charge is 0.244 e. The first-order chi connectivity index (χ1) is 9.22. The Morgan fingerprint density at radius 1 is 1.42 bits per heavy atom. The summed E-state index contributed by atoms with van der Waals surface area (Å²) in [6.45, 7) is 5.62. The number of amides is 1. The van der Waals surface area contributed by atoms with Gasteiger partial charge in [-0.3, -0.25) is 4.79 Å². The minimum atomic E-state index is -0.0220. The summed E-state index contributed by atoms with van der Waals surface area (Å²) in [5.41, 5.74) is 1.00. The first kappa shape index (κ1) is 16.0. The molecule has 0 bridgehead atoms. The second kappa shape index (κ2) is 9.79. The molecule has 0 radical (unpaired) electrons. The predicted octanol–water partition coefficient (Wildman–Crippen LogP) is 3.36. The summed E-state index contributed by atoms with van der Waals surface area (Å²) >= 11 is 0. The van der Waals surface area contributed by atoms with Crippen LogP contribution in [0.25, 0.3) is 0 Å². The zero-order chi connectivity index (χ0) is 13.9. The molecular weight excluding hydrogens is 238 g/mol. The number of hydrogen-bond donors (Lipinski definition) is 1. The minimum Gasteiger partial charge on any atom is -0.376 e. The molecule has 1 rings (SSSR count). The average molecular weight is 265 g/mol. The molecule has 1 aliphatic rings. The van der Waals surface area contributed by atoms with Crippen LogP contribution in [-0.2, 0) is 9.53 Å². The van der Waals surface area contributed by atoms with Crippen LogP contribution < -0.4 is 5.32 Å². The average Bonchev–Trinajstić information content (AvgIpc) is 2.89. The number of rotatable bonds is 8. The highest BCUT2D eigenvalue weighted by Gasteiger charge is 2.15. The van der Waals surface area contributed by atoms with Crippen molar-refractivity contribution in [2.75, 3.05) is 13.2 Å². The number of unbranched alkanes of at least 4 members (excludes halogenated alkanes) is 3. The highest BCUT2D eigenvalue weighted by Crippen LogP contribution is 2.10. The Kier molecular flexibility index (Phi) is 8.23. The summed E-state index contributed by atoms with van der Waals surface area (Å²) < 4.78 is 5.46. The van der Waals surface area contributed by atoms with Crippen LogP contribution in [0.3, 0.4) is 0 Å². The standard InChI is InChI=1S/C16H27NO2/c1-3-4-5-6-7-9-14(2)12-16(18)17-13-15-10-8-11-19-15/h7,9,12,15H,3-6,8,10-11,13H2,1-2H3,(H,17,18). The molecule has 1 N–H and O–H groups in total. The number of hydrogen-bond acceptors (Lipinski definition) is 2. The molecule has 0 spiro atoms. The van der Waals surface area contributed by atoms with E-state index in [4.69, 9.17) is 4.74 Å². The second-order valence-corrected chi connectivity index (χ2v) is 5.17. The topological polar surface area (TPSA) is 38.3 Å². The zero-order valence-corrected chi connectivity index (χ0v) is 12.3. The van der Waals surface area contributed by atoms with Crippen LogP contribution in [0.15, 0.2) is 23.8 Å². The van der Waals surface area contributed by atoms with E-state index in [9.17, 15) is 4.79 Å². The summed E-state index contributed by atoms with van der Waals surface area (Å²) in [4.78, 5) is 11.7. The Morgan fingerprint density at radius 3 is 2.95 bits per heavy atom. The maximum atomic E-state index is 11.7. The number of carbonyl (C=O) groups is 1. The Hall–Kier alpha value is -1.09. The van der Waals surface area contributed by atoms with Crippen LogP contribution in [0.2, 0.25) is 0 Å². The van der Waals surface area contributed by atoms with Crippen LogP contribution in [0, 0.1) is 0 Å². The van der Waals surface area contributed by atoms with Crippen LogP contribution in [-0.4, -0.2) is 25.2 Å². The van der Waals surface area contributed by atoms with Gasteiger partial charge in [-0.05, 0) is 38.2 Å². The van der Waals surface area contributed by atoms with E-state index >= 15 is 0 Å². The normalized spacial score (nSPS) is 20.1. The van der Waals surface area contributed by atoms with Gasteiger partial charge in [0.25, 0.3) is 0 Å². The van der Waals surface area contributed by atoms with Crippen molar-refractivity contribution in [3.63, 3.8) is 0 Å². The SMILES string of the molecule is CCCCCC=CC(C)=CC(=O)NCC1CCCO1. The van der Waals surface area contributed by atoms with Crippen LogP contribution in [0.5, 0.6) is 0 Å².